The molecule has 19 heavy (non-hydrogen) atoms. The van der Waals surface area contributed by atoms with Gasteiger partial charge < -0.3 is 9.47 Å². The fourth-order valence-corrected chi connectivity index (χ4v) is 2.37. The third-order valence-corrected chi connectivity index (χ3v) is 3.49. The number of carbonyl (C=O) groups excluding carboxylic acids is 1. The van der Waals surface area contributed by atoms with Crippen LogP contribution in [0.2, 0.25) is 0 Å². The Morgan fingerprint density at radius 3 is 2.68 bits per heavy atom. The maximum Gasteiger partial charge on any atom is 0.275 e. The maximum atomic E-state index is 11.4. The van der Waals surface area contributed by atoms with Crippen LogP contribution in [0.3, 0.4) is 0 Å². The molecule has 0 bridgehead atoms. The van der Waals surface area contributed by atoms with E-state index in [9.17, 15) is 4.79 Å². The van der Waals surface area contributed by atoms with Crippen LogP contribution < -0.4 is 11.3 Å². The number of nitrogen functional groups attached to an aromatic ring is 1. The van der Waals surface area contributed by atoms with Crippen LogP contribution in [0.5, 0.6) is 0 Å². The molecule has 0 aliphatic carbocycles. The maximum absolute atomic E-state index is 11.4. The van der Waals surface area contributed by atoms with Crippen LogP contribution in [0.25, 0.3) is 0 Å². The van der Waals surface area contributed by atoms with Crippen LogP contribution in [0.4, 0.5) is 0 Å². The summed E-state index contributed by atoms with van der Waals surface area (Å²) in [5.41, 5.74) is 2.99. The number of nitrogens with two attached hydrogens (primary N) is 1. The van der Waals surface area contributed by atoms with Crippen molar-refractivity contribution in [3.63, 3.8) is 0 Å². The van der Waals surface area contributed by atoms with Crippen LogP contribution in [-0.2, 0) is 16.1 Å². The molecule has 0 spiro atoms. The van der Waals surface area contributed by atoms with Crippen molar-refractivity contribution in [1.82, 2.24) is 5.43 Å². The summed E-state index contributed by atoms with van der Waals surface area (Å²) in [7, 11) is 0. The average molecular weight is 286 g/mol. The molecule has 108 valence electrons. The quantitative estimate of drug-likeness (QED) is 0.363. The molecule has 0 aromatic carbocycles. The number of hydrogen-bond acceptors (Lipinski definition) is 5. The lowest BCUT2D eigenvalue weighted by Crippen LogP contribution is -2.29. The number of aryl methyl sites for hydroxylation is 1. The highest BCUT2D eigenvalue weighted by atomic mass is 32.1. The standard InChI is InChI=1S/C13H22N2O3S/c1-9-10(7-11(19-9)12(16)15-14)8-17-5-6-18-13(2,3)4/h7H,5-6,8,14H2,1-4H3,(H,15,16). The number of nitrogens with one attached hydrogen (secondary N) is 1. The van der Waals surface area contributed by atoms with Gasteiger partial charge in [-0.3, -0.25) is 10.2 Å². The van der Waals surface area contributed by atoms with Crippen molar-refractivity contribution in [3.05, 3.63) is 21.4 Å². The van der Waals surface area contributed by atoms with Gasteiger partial charge in [0.05, 0.1) is 30.3 Å². The smallest absolute Gasteiger partial charge is 0.275 e. The Hall–Kier alpha value is -0.950. The van der Waals surface area contributed by atoms with E-state index in [0.29, 0.717) is 24.7 Å². The molecule has 1 aromatic heterocycles. The average Bonchev–Trinajstić information content (AvgIpc) is 2.68. The molecule has 3 N–H and O–H groups in total. The molecule has 6 heteroatoms. The summed E-state index contributed by atoms with van der Waals surface area (Å²) >= 11 is 1.41. The third-order valence-electron chi connectivity index (χ3n) is 2.40. The molecule has 0 unspecified atom stereocenters. The highest BCUT2D eigenvalue weighted by Crippen LogP contribution is 2.22. The summed E-state index contributed by atoms with van der Waals surface area (Å²) < 4.78 is 11.1. The van der Waals surface area contributed by atoms with E-state index in [1.54, 1.807) is 0 Å². The normalized spacial score (nSPS) is 11.6. The molecule has 1 rings (SSSR count). The zero-order valence-electron chi connectivity index (χ0n) is 11.9. The molecule has 1 heterocycles. The van der Waals surface area contributed by atoms with Crippen LogP contribution in [0.1, 0.15) is 40.9 Å². The van der Waals surface area contributed by atoms with Gasteiger partial charge in [-0.15, -0.1) is 11.3 Å². The molecule has 1 aromatic rings. The van der Waals surface area contributed by atoms with E-state index in [1.807, 2.05) is 33.8 Å². The molecule has 0 atom stereocenters. The molecule has 0 radical (unpaired) electrons. The minimum Gasteiger partial charge on any atom is -0.374 e. The van der Waals surface area contributed by atoms with Gasteiger partial charge >= 0.3 is 0 Å². The lowest BCUT2D eigenvalue weighted by Gasteiger charge is -2.19. The number of hydrazine groups is 1. The van der Waals surface area contributed by atoms with E-state index in [-0.39, 0.29) is 11.5 Å². The van der Waals surface area contributed by atoms with Gasteiger partial charge in [-0.1, -0.05) is 0 Å². The fraction of sp³-hybridized carbons (Fsp3) is 0.615. The van der Waals surface area contributed by atoms with E-state index in [1.165, 1.54) is 11.3 Å². The van der Waals surface area contributed by atoms with Crippen molar-refractivity contribution in [2.45, 2.75) is 39.9 Å². The molecule has 0 fully saturated rings. The van der Waals surface area contributed by atoms with Crippen molar-refractivity contribution in [1.29, 1.82) is 0 Å². The second-order valence-corrected chi connectivity index (χ2v) is 6.44. The molecule has 1 amide bonds. The Morgan fingerprint density at radius 2 is 2.11 bits per heavy atom. The van der Waals surface area contributed by atoms with Crippen LogP contribution >= 0.6 is 11.3 Å². The molecular weight excluding hydrogens is 264 g/mol. The Morgan fingerprint density at radius 1 is 1.42 bits per heavy atom. The molecule has 0 aliphatic rings. The summed E-state index contributed by atoms with van der Waals surface area (Å²) in [5, 5.41) is 0. The number of thiophene rings is 1. The van der Waals surface area contributed by atoms with Crippen molar-refractivity contribution >= 4 is 17.2 Å². The first-order chi connectivity index (χ1) is 8.83. The molecular formula is C13H22N2O3S. The second-order valence-electron chi connectivity index (χ2n) is 5.18. The third kappa shape index (κ3) is 5.69. The fourth-order valence-electron chi connectivity index (χ4n) is 1.44. The lowest BCUT2D eigenvalue weighted by atomic mass is 10.2. The molecule has 0 saturated heterocycles. The highest BCUT2D eigenvalue weighted by molar-refractivity contribution is 7.14. The van der Waals surface area contributed by atoms with E-state index in [4.69, 9.17) is 15.3 Å². The van der Waals surface area contributed by atoms with Crippen LogP contribution in [0, 0.1) is 6.92 Å². The topological polar surface area (TPSA) is 73.6 Å². The zero-order chi connectivity index (χ0) is 14.5. The monoisotopic (exact) mass is 286 g/mol. The highest BCUT2D eigenvalue weighted by Gasteiger charge is 2.12. The van der Waals surface area contributed by atoms with Crippen LogP contribution in [0.15, 0.2) is 6.07 Å². The number of rotatable bonds is 6. The van der Waals surface area contributed by atoms with Crippen molar-refractivity contribution in [2.24, 2.45) is 5.84 Å². The van der Waals surface area contributed by atoms with Crippen LogP contribution in [-0.4, -0.2) is 24.7 Å². The van der Waals surface area contributed by atoms with Gasteiger partial charge in [-0.25, -0.2) is 5.84 Å². The van der Waals surface area contributed by atoms with Gasteiger partial charge in [0.15, 0.2) is 0 Å². The second kappa shape index (κ2) is 7.00. The molecule has 0 saturated carbocycles. The Kier molecular flexibility index (Phi) is 5.93. The lowest BCUT2D eigenvalue weighted by molar-refractivity contribution is -0.0377. The minimum atomic E-state index is -0.268. The van der Waals surface area contributed by atoms with Gasteiger partial charge in [0.1, 0.15) is 0 Å². The van der Waals surface area contributed by atoms with Gasteiger partial charge in [0.2, 0.25) is 0 Å². The van der Waals surface area contributed by atoms with Gasteiger partial charge in [-0.2, -0.15) is 0 Å². The van der Waals surface area contributed by atoms with E-state index >= 15 is 0 Å². The van der Waals surface area contributed by atoms with E-state index < -0.39 is 0 Å². The number of ether oxygens (including phenoxy) is 2. The summed E-state index contributed by atoms with van der Waals surface area (Å²) in [6.07, 6.45) is 0. The largest absolute Gasteiger partial charge is 0.374 e. The number of amides is 1. The van der Waals surface area contributed by atoms with Crippen molar-refractivity contribution in [3.8, 4) is 0 Å². The summed E-state index contributed by atoms with van der Waals surface area (Å²) in [6, 6.07) is 1.81. The molecule has 0 aliphatic heterocycles. The Balaban J connectivity index is 2.37. The van der Waals surface area contributed by atoms with Crippen molar-refractivity contribution < 1.29 is 14.3 Å². The van der Waals surface area contributed by atoms with E-state index in [0.717, 1.165) is 10.4 Å². The van der Waals surface area contributed by atoms with E-state index in [2.05, 4.69) is 5.43 Å². The number of hydrogen-bond donors (Lipinski definition) is 2. The van der Waals surface area contributed by atoms with Gasteiger partial charge in [0, 0.05) is 4.88 Å². The summed E-state index contributed by atoms with van der Waals surface area (Å²) in [5.74, 6) is 4.84. The Bertz CT molecular complexity index is 424. The SMILES string of the molecule is Cc1sc(C(=O)NN)cc1COCCOC(C)(C)C. The minimum absolute atomic E-state index is 0.145. The van der Waals surface area contributed by atoms with Gasteiger partial charge in [-0.05, 0) is 39.3 Å². The first-order valence-electron chi connectivity index (χ1n) is 6.15. The summed E-state index contributed by atoms with van der Waals surface area (Å²) in [4.78, 5) is 13.0. The molecule has 5 nitrogen and oxygen atoms in total. The summed E-state index contributed by atoms with van der Waals surface area (Å²) in [6.45, 7) is 9.55. The van der Waals surface area contributed by atoms with Gasteiger partial charge in [0.25, 0.3) is 5.91 Å². The first-order valence-corrected chi connectivity index (χ1v) is 6.97. The predicted octanol–water partition coefficient (Wildman–Crippen LogP) is 1.99. The zero-order valence-corrected chi connectivity index (χ0v) is 12.7. The predicted molar refractivity (Wildman–Crippen MR) is 76.1 cm³/mol. The Labute approximate surface area is 118 Å². The first kappa shape index (κ1) is 16.1. The van der Waals surface area contributed by atoms with Crippen molar-refractivity contribution in [2.75, 3.05) is 13.2 Å². The number of carbonyl (C=O) groups is 1.